The number of carbonyl (C=O) groups is 1. The van der Waals surface area contributed by atoms with E-state index in [4.69, 9.17) is 4.74 Å². The van der Waals surface area contributed by atoms with Gasteiger partial charge in [-0.3, -0.25) is 10.0 Å². The Bertz CT molecular complexity index is 505. The first kappa shape index (κ1) is 15.7. The second-order valence-corrected chi connectivity index (χ2v) is 6.33. The molecule has 0 saturated heterocycles. The maximum Gasteiger partial charge on any atom is 0.250 e. The smallest absolute Gasteiger partial charge is 0.250 e. The van der Waals surface area contributed by atoms with Crippen LogP contribution in [0.15, 0.2) is 42.5 Å². The third-order valence-electron chi connectivity index (χ3n) is 3.34. The molecule has 0 bridgehead atoms. The second-order valence-electron chi connectivity index (χ2n) is 6.33. The van der Waals surface area contributed by atoms with Gasteiger partial charge in [0.25, 0.3) is 5.91 Å². The molecule has 0 aromatic heterocycles. The zero-order valence-electron chi connectivity index (χ0n) is 12.8. The van der Waals surface area contributed by atoms with E-state index >= 15 is 0 Å². The topological polar surface area (TPSA) is 49.8 Å². The first-order valence-electron chi connectivity index (χ1n) is 7.26. The number of benzene rings is 1. The number of hydrogen-bond acceptors (Lipinski definition) is 3. The van der Waals surface area contributed by atoms with Gasteiger partial charge in [-0.1, -0.05) is 42.5 Å². The number of rotatable bonds is 4. The fourth-order valence-electron chi connectivity index (χ4n) is 2.42. The van der Waals surface area contributed by atoms with Crippen molar-refractivity contribution < 1.29 is 14.7 Å². The second kappa shape index (κ2) is 6.41. The number of amides is 1. The van der Waals surface area contributed by atoms with Crippen molar-refractivity contribution in [1.82, 2.24) is 5.06 Å². The van der Waals surface area contributed by atoms with Gasteiger partial charge >= 0.3 is 0 Å². The van der Waals surface area contributed by atoms with Crippen LogP contribution in [0.25, 0.3) is 0 Å². The van der Waals surface area contributed by atoms with E-state index in [0.717, 1.165) is 10.6 Å². The van der Waals surface area contributed by atoms with Crippen LogP contribution in [0.3, 0.4) is 0 Å². The molecule has 0 radical (unpaired) electrons. The maximum atomic E-state index is 12.2. The minimum absolute atomic E-state index is 0.191. The number of carbonyl (C=O) groups excluding carboxylic acids is 1. The van der Waals surface area contributed by atoms with E-state index in [1.165, 1.54) is 0 Å². The molecule has 1 aliphatic rings. The first-order chi connectivity index (χ1) is 9.87. The van der Waals surface area contributed by atoms with E-state index in [1.54, 1.807) is 0 Å². The predicted octanol–water partition coefficient (Wildman–Crippen LogP) is 2.96. The molecule has 0 fully saturated rings. The summed E-state index contributed by atoms with van der Waals surface area (Å²) in [6.45, 7) is 5.89. The SMILES string of the molecule is CC(C)(C)O[C@@H]1C=CC[C@H]1N(O)C(=O)Cc1ccccc1. The Morgan fingerprint density at radius 2 is 2.00 bits per heavy atom. The van der Waals surface area contributed by atoms with E-state index in [-0.39, 0.29) is 30.1 Å². The summed E-state index contributed by atoms with van der Waals surface area (Å²) in [4.78, 5) is 12.2. The Kier molecular flexibility index (Phi) is 4.80. The molecule has 0 heterocycles. The molecule has 4 nitrogen and oxygen atoms in total. The van der Waals surface area contributed by atoms with Gasteiger partial charge in [0.05, 0.1) is 24.2 Å². The van der Waals surface area contributed by atoms with Crippen LogP contribution >= 0.6 is 0 Å². The first-order valence-corrected chi connectivity index (χ1v) is 7.26. The Hall–Kier alpha value is -1.65. The van der Waals surface area contributed by atoms with Gasteiger partial charge in [-0.05, 0) is 32.8 Å². The van der Waals surface area contributed by atoms with Gasteiger partial charge in [0.1, 0.15) is 0 Å². The lowest BCUT2D eigenvalue weighted by Crippen LogP contribution is -2.46. The summed E-state index contributed by atoms with van der Waals surface area (Å²) >= 11 is 0. The number of hydrogen-bond donors (Lipinski definition) is 1. The largest absolute Gasteiger partial charge is 0.366 e. The monoisotopic (exact) mass is 289 g/mol. The van der Waals surface area contributed by atoms with Crippen LogP contribution in [0.2, 0.25) is 0 Å². The highest BCUT2D eigenvalue weighted by Gasteiger charge is 2.34. The minimum Gasteiger partial charge on any atom is -0.366 e. The zero-order valence-corrected chi connectivity index (χ0v) is 12.8. The van der Waals surface area contributed by atoms with E-state index in [0.29, 0.717) is 6.42 Å². The highest BCUT2D eigenvalue weighted by Crippen LogP contribution is 2.24. The molecule has 0 aliphatic heterocycles. The van der Waals surface area contributed by atoms with Crippen molar-refractivity contribution in [3.63, 3.8) is 0 Å². The molecule has 0 spiro atoms. The predicted molar refractivity (Wildman–Crippen MR) is 80.9 cm³/mol. The van der Waals surface area contributed by atoms with Crippen molar-refractivity contribution in [1.29, 1.82) is 0 Å². The van der Waals surface area contributed by atoms with Crippen LogP contribution in [-0.4, -0.2) is 33.9 Å². The quantitative estimate of drug-likeness (QED) is 0.527. The van der Waals surface area contributed by atoms with Gasteiger partial charge in [-0.15, -0.1) is 0 Å². The molecule has 114 valence electrons. The highest BCUT2D eigenvalue weighted by molar-refractivity contribution is 5.78. The van der Waals surface area contributed by atoms with Crippen LogP contribution in [0.5, 0.6) is 0 Å². The lowest BCUT2D eigenvalue weighted by molar-refractivity contribution is -0.189. The summed E-state index contributed by atoms with van der Waals surface area (Å²) in [5.74, 6) is -0.308. The summed E-state index contributed by atoms with van der Waals surface area (Å²) in [6, 6.07) is 9.07. The summed E-state index contributed by atoms with van der Waals surface area (Å²) in [7, 11) is 0. The maximum absolute atomic E-state index is 12.2. The molecule has 2 atom stereocenters. The van der Waals surface area contributed by atoms with E-state index in [9.17, 15) is 10.0 Å². The summed E-state index contributed by atoms with van der Waals surface area (Å²) < 4.78 is 5.89. The Morgan fingerprint density at radius 3 is 2.62 bits per heavy atom. The molecule has 1 N–H and O–H groups in total. The summed E-state index contributed by atoms with van der Waals surface area (Å²) in [6.07, 6.45) is 4.39. The van der Waals surface area contributed by atoms with Crippen LogP contribution in [-0.2, 0) is 16.0 Å². The minimum atomic E-state index is -0.347. The Labute approximate surface area is 126 Å². The number of nitrogens with zero attached hydrogens (tertiary/aromatic N) is 1. The van der Waals surface area contributed by atoms with E-state index in [2.05, 4.69) is 0 Å². The fraction of sp³-hybridized carbons (Fsp3) is 0.471. The third kappa shape index (κ3) is 4.41. The molecule has 1 aliphatic carbocycles. The van der Waals surface area contributed by atoms with Gasteiger partial charge in [0, 0.05) is 0 Å². The van der Waals surface area contributed by atoms with Crippen LogP contribution in [0.4, 0.5) is 0 Å². The lowest BCUT2D eigenvalue weighted by Gasteiger charge is -2.32. The van der Waals surface area contributed by atoms with Gasteiger partial charge in [-0.2, -0.15) is 0 Å². The van der Waals surface area contributed by atoms with Crippen molar-refractivity contribution in [3.8, 4) is 0 Å². The summed E-state index contributed by atoms with van der Waals surface area (Å²) in [5, 5.41) is 11.0. The van der Waals surface area contributed by atoms with E-state index in [1.807, 2.05) is 63.3 Å². The van der Waals surface area contributed by atoms with Gasteiger partial charge in [0.15, 0.2) is 0 Å². The average Bonchev–Trinajstić information content (AvgIpc) is 2.84. The molecule has 2 rings (SSSR count). The molecule has 1 aromatic rings. The summed E-state index contributed by atoms with van der Waals surface area (Å²) in [5.41, 5.74) is 0.571. The highest BCUT2D eigenvalue weighted by atomic mass is 16.5. The Morgan fingerprint density at radius 1 is 1.33 bits per heavy atom. The van der Waals surface area contributed by atoms with Crippen LogP contribution in [0, 0.1) is 0 Å². The average molecular weight is 289 g/mol. The molecule has 4 heteroatoms. The normalized spacial score (nSPS) is 21.5. The van der Waals surface area contributed by atoms with Gasteiger partial charge in [0.2, 0.25) is 0 Å². The lowest BCUT2D eigenvalue weighted by atomic mass is 10.1. The molecule has 21 heavy (non-hydrogen) atoms. The van der Waals surface area contributed by atoms with Crippen LogP contribution in [0.1, 0.15) is 32.8 Å². The van der Waals surface area contributed by atoms with E-state index < -0.39 is 0 Å². The molecule has 0 saturated carbocycles. The standard InChI is InChI=1S/C17H23NO3/c1-17(2,3)21-15-11-7-10-14(15)18(20)16(19)12-13-8-5-4-6-9-13/h4-9,11,14-15,20H,10,12H2,1-3H3/t14-,15-/m1/s1. The van der Waals surface area contributed by atoms with Crippen molar-refractivity contribution in [2.24, 2.45) is 0 Å². The number of ether oxygens (including phenoxy) is 1. The molecule has 1 aromatic carbocycles. The van der Waals surface area contributed by atoms with Crippen molar-refractivity contribution >= 4 is 5.91 Å². The number of hydroxylamine groups is 2. The van der Waals surface area contributed by atoms with Crippen molar-refractivity contribution in [2.45, 2.75) is 51.4 Å². The molecule has 1 amide bonds. The zero-order chi connectivity index (χ0) is 15.5. The fourth-order valence-corrected chi connectivity index (χ4v) is 2.42. The molecular formula is C17H23NO3. The molecular weight excluding hydrogens is 266 g/mol. The Balaban J connectivity index is 1.98. The van der Waals surface area contributed by atoms with Crippen LogP contribution < -0.4 is 0 Å². The van der Waals surface area contributed by atoms with Gasteiger partial charge in [-0.25, -0.2) is 5.06 Å². The van der Waals surface area contributed by atoms with Gasteiger partial charge < -0.3 is 4.74 Å². The third-order valence-corrected chi connectivity index (χ3v) is 3.34. The van der Waals surface area contributed by atoms with Crippen molar-refractivity contribution in [3.05, 3.63) is 48.0 Å². The molecule has 0 unspecified atom stereocenters. The van der Waals surface area contributed by atoms with Crippen molar-refractivity contribution in [2.75, 3.05) is 0 Å².